The van der Waals surface area contributed by atoms with E-state index in [0.717, 1.165) is 0 Å². The molecule has 0 fully saturated rings. The van der Waals surface area contributed by atoms with Crippen LogP contribution in [0.4, 0.5) is 4.39 Å². The predicted molar refractivity (Wildman–Crippen MR) is 89.5 cm³/mol. The number of rotatable bonds is 6. The number of carbonyl (C=O) groups excluding carboxylic acids is 2. The molecule has 7 nitrogen and oxygen atoms in total. The molecule has 0 saturated heterocycles. The van der Waals surface area contributed by atoms with Gasteiger partial charge in [0.2, 0.25) is 5.91 Å². The summed E-state index contributed by atoms with van der Waals surface area (Å²) in [6, 6.07) is 5.67. The zero-order valence-electron chi connectivity index (χ0n) is 13.9. The van der Waals surface area contributed by atoms with Crippen LogP contribution in [0, 0.1) is 25.6 Å². The highest BCUT2D eigenvalue weighted by molar-refractivity contribution is 5.95. The van der Waals surface area contributed by atoms with Gasteiger partial charge in [0.1, 0.15) is 11.4 Å². The van der Waals surface area contributed by atoms with E-state index in [4.69, 9.17) is 5.73 Å². The molecular formula is C17H19FN4O3. The van der Waals surface area contributed by atoms with Crippen LogP contribution in [0.2, 0.25) is 0 Å². The molecule has 0 radical (unpaired) electrons. The minimum atomic E-state index is -0.684. The van der Waals surface area contributed by atoms with Crippen molar-refractivity contribution < 1.29 is 14.0 Å². The Morgan fingerprint density at radius 3 is 2.52 bits per heavy atom. The van der Waals surface area contributed by atoms with Gasteiger partial charge in [0.15, 0.2) is 0 Å². The van der Waals surface area contributed by atoms with Gasteiger partial charge in [-0.3, -0.25) is 14.4 Å². The number of benzene rings is 1. The molecule has 1 heterocycles. The summed E-state index contributed by atoms with van der Waals surface area (Å²) >= 11 is 0. The van der Waals surface area contributed by atoms with Crippen molar-refractivity contribution in [2.45, 2.75) is 20.3 Å². The number of amides is 2. The standard InChI is InChI=1S/C17H19FN4O3/c1-9-10(2)21-22-17(25)14(9)16(24)20-8-12(15(19)23)7-11-3-5-13(18)6-4-11/h3-6,12H,7-8H2,1-2H3,(H2,19,23)(H,20,24)(H,22,25)/t12-/m0/s1. The molecule has 1 aromatic carbocycles. The highest BCUT2D eigenvalue weighted by Crippen LogP contribution is 2.10. The summed E-state index contributed by atoms with van der Waals surface area (Å²) in [6.07, 6.45) is 0.251. The molecule has 0 spiro atoms. The lowest BCUT2D eigenvalue weighted by Crippen LogP contribution is -2.39. The highest BCUT2D eigenvalue weighted by atomic mass is 19.1. The maximum Gasteiger partial charge on any atom is 0.277 e. The summed E-state index contributed by atoms with van der Waals surface area (Å²) in [7, 11) is 0. The normalized spacial score (nSPS) is 11.8. The van der Waals surface area contributed by atoms with E-state index in [1.54, 1.807) is 26.0 Å². The summed E-state index contributed by atoms with van der Waals surface area (Å²) in [6.45, 7) is 3.26. The Morgan fingerprint density at radius 1 is 1.28 bits per heavy atom. The van der Waals surface area contributed by atoms with Crippen molar-refractivity contribution in [3.63, 3.8) is 0 Å². The molecule has 0 aliphatic heterocycles. The quantitative estimate of drug-likeness (QED) is 0.710. The Balaban J connectivity index is 2.10. The smallest absolute Gasteiger partial charge is 0.277 e. The van der Waals surface area contributed by atoms with E-state index in [2.05, 4.69) is 15.5 Å². The van der Waals surface area contributed by atoms with Crippen molar-refractivity contribution in [3.8, 4) is 0 Å². The molecule has 1 aromatic heterocycles. The number of hydrogen-bond donors (Lipinski definition) is 3. The molecule has 0 bridgehead atoms. The second-order valence-corrected chi connectivity index (χ2v) is 5.78. The lowest BCUT2D eigenvalue weighted by atomic mass is 9.98. The zero-order chi connectivity index (χ0) is 18.6. The first-order valence-electron chi connectivity index (χ1n) is 7.67. The van der Waals surface area contributed by atoms with Crippen LogP contribution in [0.5, 0.6) is 0 Å². The Kier molecular flexibility index (Phi) is 5.63. The first-order chi connectivity index (χ1) is 11.8. The minimum Gasteiger partial charge on any atom is -0.369 e. The molecule has 2 rings (SSSR count). The Morgan fingerprint density at radius 2 is 1.92 bits per heavy atom. The summed E-state index contributed by atoms with van der Waals surface area (Å²) in [5, 5.41) is 8.60. The van der Waals surface area contributed by atoms with Crippen LogP contribution in [0.15, 0.2) is 29.1 Å². The summed E-state index contributed by atoms with van der Waals surface area (Å²) < 4.78 is 12.9. The van der Waals surface area contributed by atoms with Gasteiger partial charge in [-0.05, 0) is 43.5 Å². The Hall–Kier alpha value is -3.03. The van der Waals surface area contributed by atoms with Crippen LogP contribution in [0.1, 0.15) is 27.2 Å². The van der Waals surface area contributed by atoms with Gasteiger partial charge in [0.05, 0.1) is 11.6 Å². The molecule has 2 aromatic rings. The summed E-state index contributed by atoms with van der Waals surface area (Å²) in [5.41, 5.74) is 6.45. The number of nitrogens with one attached hydrogen (secondary N) is 2. The van der Waals surface area contributed by atoms with Gasteiger partial charge in [-0.25, -0.2) is 9.49 Å². The van der Waals surface area contributed by atoms with Crippen molar-refractivity contribution in [2.24, 2.45) is 11.7 Å². The number of aromatic nitrogens is 2. The largest absolute Gasteiger partial charge is 0.369 e. The Labute approximate surface area is 143 Å². The summed E-state index contributed by atoms with van der Waals surface area (Å²) in [4.78, 5) is 35.8. The molecule has 25 heavy (non-hydrogen) atoms. The maximum absolute atomic E-state index is 12.9. The van der Waals surface area contributed by atoms with Gasteiger partial charge in [0.25, 0.3) is 11.5 Å². The fourth-order valence-corrected chi connectivity index (χ4v) is 2.38. The molecule has 0 saturated carbocycles. The van der Waals surface area contributed by atoms with E-state index in [1.165, 1.54) is 12.1 Å². The molecule has 1 atom stereocenters. The zero-order valence-corrected chi connectivity index (χ0v) is 13.9. The fraction of sp³-hybridized carbons (Fsp3) is 0.294. The van der Waals surface area contributed by atoms with Crippen LogP contribution in [0.3, 0.4) is 0 Å². The molecule has 4 N–H and O–H groups in total. The third kappa shape index (κ3) is 4.50. The van der Waals surface area contributed by atoms with E-state index in [0.29, 0.717) is 16.8 Å². The lowest BCUT2D eigenvalue weighted by Gasteiger charge is -2.15. The number of hydrogen-bond acceptors (Lipinski definition) is 4. The van der Waals surface area contributed by atoms with Gasteiger partial charge < -0.3 is 11.1 Å². The molecule has 0 aliphatic carbocycles. The van der Waals surface area contributed by atoms with Crippen molar-refractivity contribution in [3.05, 3.63) is 62.8 Å². The minimum absolute atomic E-state index is 0.0359. The number of halogens is 1. The predicted octanol–water partition coefficient (Wildman–Crippen LogP) is 0.600. The molecule has 0 aliphatic rings. The van der Waals surface area contributed by atoms with Crippen molar-refractivity contribution in [1.82, 2.24) is 15.5 Å². The van der Waals surface area contributed by atoms with Gasteiger partial charge >= 0.3 is 0 Å². The molecular weight excluding hydrogens is 327 g/mol. The van der Waals surface area contributed by atoms with Crippen LogP contribution in [-0.4, -0.2) is 28.6 Å². The number of nitrogens with zero attached hydrogens (tertiary/aromatic N) is 1. The van der Waals surface area contributed by atoms with Crippen LogP contribution in [0.25, 0.3) is 0 Å². The molecule has 0 unspecified atom stereocenters. The molecule has 2 amide bonds. The number of H-pyrrole nitrogens is 1. The average molecular weight is 346 g/mol. The second kappa shape index (κ2) is 7.69. The van der Waals surface area contributed by atoms with E-state index < -0.39 is 23.3 Å². The topological polar surface area (TPSA) is 118 Å². The average Bonchev–Trinajstić information content (AvgIpc) is 2.56. The molecule has 8 heteroatoms. The lowest BCUT2D eigenvalue weighted by molar-refractivity contribution is -0.121. The van der Waals surface area contributed by atoms with Crippen LogP contribution >= 0.6 is 0 Å². The number of primary amides is 1. The third-order valence-corrected chi connectivity index (χ3v) is 4.00. The van der Waals surface area contributed by atoms with Crippen molar-refractivity contribution in [2.75, 3.05) is 6.54 Å². The van der Waals surface area contributed by atoms with E-state index in [1.807, 2.05) is 0 Å². The Bertz CT molecular complexity index is 846. The van der Waals surface area contributed by atoms with Crippen molar-refractivity contribution in [1.29, 1.82) is 0 Å². The molecule has 132 valence electrons. The fourth-order valence-electron chi connectivity index (χ4n) is 2.38. The SMILES string of the molecule is Cc1n[nH]c(=O)c(C(=O)NC[C@H](Cc2ccc(F)cc2)C(N)=O)c1C. The van der Waals surface area contributed by atoms with Crippen LogP contribution in [-0.2, 0) is 11.2 Å². The van der Waals surface area contributed by atoms with E-state index >= 15 is 0 Å². The highest BCUT2D eigenvalue weighted by Gasteiger charge is 2.20. The number of aryl methyl sites for hydroxylation is 1. The summed E-state index contributed by atoms with van der Waals surface area (Å²) in [5.74, 6) is -2.26. The van der Waals surface area contributed by atoms with Gasteiger partial charge in [-0.1, -0.05) is 12.1 Å². The number of aromatic amines is 1. The first-order valence-corrected chi connectivity index (χ1v) is 7.67. The number of carbonyl (C=O) groups is 2. The van der Waals surface area contributed by atoms with Crippen molar-refractivity contribution >= 4 is 11.8 Å². The number of nitrogens with two attached hydrogens (primary N) is 1. The van der Waals surface area contributed by atoms with E-state index in [-0.39, 0.29) is 24.3 Å². The van der Waals surface area contributed by atoms with E-state index in [9.17, 15) is 18.8 Å². The third-order valence-electron chi connectivity index (χ3n) is 4.00. The van der Waals surface area contributed by atoms with Crippen LogP contribution < -0.4 is 16.6 Å². The van der Waals surface area contributed by atoms with Gasteiger partial charge in [-0.15, -0.1) is 0 Å². The monoisotopic (exact) mass is 346 g/mol. The first kappa shape index (κ1) is 18.3. The van der Waals surface area contributed by atoms with Gasteiger partial charge in [0, 0.05) is 6.54 Å². The maximum atomic E-state index is 12.9. The van der Waals surface area contributed by atoms with Gasteiger partial charge in [-0.2, -0.15) is 5.10 Å². The second-order valence-electron chi connectivity index (χ2n) is 5.78.